The zero-order valence-electron chi connectivity index (χ0n) is 10.8. The molecule has 1 amide bonds. The van der Waals surface area contributed by atoms with Crippen molar-refractivity contribution in [3.63, 3.8) is 0 Å². The summed E-state index contributed by atoms with van der Waals surface area (Å²) in [6.45, 7) is 8.43. The molecule has 0 saturated carbocycles. The smallest absolute Gasteiger partial charge is 0.251 e. The minimum atomic E-state index is -0.148. The molecule has 0 aromatic rings. The molecule has 2 aliphatic rings. The first kappa shape index (κ1) is 12.8. The minimum Gasteiger partial charge on any atom is -0.351 e. The molecule has 0 spiro atoms. The number of hydrogen-bond acceptors (Lipinski definition) is 3. The number of nitrogens with one attached hydrogen (secondary N) is 1. The highest BCUT2D eigenvalue weighted by atomic mass is 32.1. The Morgan fingerprint density at radius 1 is 1.35 bits per heavy atom. The predicted molar refractivity (Wildman–Crippen MR) is 71.8 cm³/mol. The van der Waals surface area contributed by atoms with Gasteiger partial charge in [-0.1, -0.05) is 0 Å². The number of amides is 1. The van der Waals surface area contributed by atoms with Gasteiger partial charge in [0.05, 0.1) is 0 Å². The van der Waals surface area contributed by atoms with Crippen molar-refractivity contribution in [3.05, 3.63) is 0 Å². The number of carbonyl (C=O) groups excluding carboxylic acids is 1. The molecule has 0 bridgehead atoms. The lowest BCUT2D eigenvalue weighted by atomic mass is 10.0. The van der Waals surface area contributed by atoms with Crippen LogP contribution in [0.2, 0.25) is 0 Å². The number of hydrogen-bond donors (Lipinski definition) is 1. The second kappa shape index (κ2) is 4.90. The van der Waals surface area contributed by atoms with Gasteiger partial charge in [-0.2, -0.15) is 0 Å². The van der Waals surface area contributed by atoms with Gasteiger partial charge in [0, 0.05) is 25.2 Å². The van der Waals surface area contributed by atoms with E-state index in [1.54, 1.807) is 4.90 Å². The standard InChI is InChI=1S/C12H21N3OS/c1-8(2)14-6-4-10(5-7-14)15-11(16)9(3)13-12(15)17/h8-10H,4-7H2,1-3H3,(H,13,17). The molecule has 2 fully saturated rings. The van der Waals surface area contributed by atoms with Crippen molar-refractivity contribution in [3.8, 4) is 0 Å². The average Bonchev–Trinajstić information content (AvgIpc) is 2.53. The van der Waals surface area contributed by atoms with Gasteiger partial charge in [0.25, 0.3) is 5.91 Å². The third-order valence-corrected chi connectivity index (χ3v) is 4.08. The van der Waals surface area contributed by atoms with Crippen molar-refractivity contribution in [1.29, 1.82) is 0 Å². The summed E-state index contributed by atoms with van der Waals surface area (Å²) in [7, 11) is 0. The maximum Gasteiger partial charge on any atom is 0.251 e. The highest BCUT2D eigenvalue weighted by molar-refractivity contribution is 7.80. The van der Waals surface area contributed by atoms with Crippen molar-refractivity contribution in [1.82, 2.24) is 15.1 Å². The van der Waals surface area contributed by atoms with Crippen molar-refractivity contribution in [2.24, 2.45) is 0 Å². The highest BCUT2D eigenvalue weighted by Gasteiger charge is 2.38. The molecule has 2 saturated heterocycles. The van der Waals surface area contributed by atoms with Crippen LogP contribution in [0.15, 0.2) is 0 Å². The number of likely N-dealkylation sites (tertiary alicyclic amines) is 1. The summed E-state index contributed by atoms with van der Waals surface area (Å²) in [4.78, 5) is 16.3. The second-order valence-electron chi connectivity index (χ2n) is 5.24. The fraction of sp³-hybridized carbons (Fsp3) is 0.833. The zero-order chi connectivity index (χ0) is 12.6. The molecule has 0 radical (unpaired) electrons. The van der Waals surface area contributed by atoms with Gasteiger partial charge < -0.3 is 10.2 Å². The van der Waals surface area contributed by atoms with Gasteiger partial charge in [0.1, 0.15) is 6.04 Å². The Labute approximate surface area is 108 Å². The predicted octanol–water partition coefficient (Wildman–Crippen LogP) is 0.964. The second-order valence-corrected chi connectivity index (χ2v) is 5.63. The Bertz CT molecular complexity index is 324. The van der Waals surface area contributed by atoms with Crippen LogP contribution in [0.1, 0.15) is 33.6 Å². The summed E-state index contributed by atoms with van der Waals surface area (Å²) in [5, 5.41) is 3.66. The van der Waals surface area contributed by atoms with E-state index in [1.807, 2.05) is 6.92 Å². The quantitative estimate of drug-likeness (QED) is 0.746. The minimum absolute atomic E-state index is 0.137. The van der Waals surface area contributed by atoms with E-state index in [9.17, 15) is 4.79 Å². The summed E-state index contributed by atoms with van der Waals surface area (Å²) in [5.74, 6) is 0.137. The van der Waals surface area contributed by atoms with Crippen LogP contribution >= 0.6 is 12.2 Å². The normalized spacial score (nSPS) is 28.0. The number of piperidine rings is 1. The fourth-order valence-corrected chi connectivity index (χ4v) is 3.05. The Kier molecular flexibility index (Phi) is 3.68. The lowest BCUT2D eigenvalue weighted by molar-refractivity contribution is -0.128. The Morgan fingerprint density at radius 3 is 2.35 bits per heavy atom. The van der Waals surface area contributed by atoms with E-state index < -0.39 is 0 Å². The van der Waals surface area contributed by atoms with E-state index in [0.717, 1.165) is 25.9 Å². The fourth-order valence-electron chi connectivity index (χ4n) is 2.63. The summed E-state index contributed by atoms with van der Waals surface area (Å²) in [6, 6.07) is 0.738. The first-order valence-electron chi connectivity index (χ1n) is 6.38. The topological polar surface area (TPSA) is 35.6 Å². The molecular weight excluding hydrogens is 234 g/mol. The molecule has 2 heterocycles. The number of rotatable bonds is 2. The van der Waals surface area contributed by atoms with E-state index in [-0.39, 0.29) is 11.9 Å². The van der Waals surface area contributed by atoms with Gasteiger partial charge in [0.15, 0.2) is 5.11 Å². The Hall–Kier alpha value is -0.680. The van der Waals surface area contributed by atoms with E-state index >= 15 is 0 Å². The van der Waals surface area contributed by atoms with E-state index in [2.05, 4.69) is 24.1 Å². The maximum absolute atomic E-state index is 12.0. The molecule has 0 aliphatic carbocycles. The Morgan fingerprint density at radius 2 is 1.94 bits per heavy atom. The summed E-state index contributed by atoms with van der Waals surface area (Å²) in [6.07, 6.45) is 2.05. The molecule has 1 unspecified atom stereocenters. The van der Waals surface area contributed by atoms with Crippen LogP contribution in [0.5, 0.6) is 0 Å². The number of nitrogens with zero attached hydrogens (tertiary/aromatic N) is 2. The van der Waals surface area contributed by atoms with Crippen molar-refractivity contribution in [2.45, 2.75) is 51.7 Å². The van der Waals surface area contributed by atoms with Crippen molar-refractivity contribution < 1.29 is 4.79 Å². The van der Waals surface area contributed by atoms with Crippen LogP contribution in [0.25, 0.3) is 0 Å². The van der Waals surface area contributed by atoms with Gasteiger partial charge in [-0.05, 0) is 45.8 Å². The summed E-state index contributed by atoms with van der Waals surface area (Å²) < 4.78 is 0. The van der Waals surface area contributed by atoms with Crippen LogP contribution in [0, 0.1) is 0 Å². The molecular formula is C12H21N3OS. The van der Waals surface area contributed by atoms with E-state index in [0.29, 0.717) is 17.2 Å². The van der Waals surface area contributed by atoms with Crippen LogP contribution in [-0.4, -0.2) is 52.0 Å². The number of thiocarbonyl (C=S) groups is 1. The monoisotopic (exact) mass is 255 g/mol. The lowest BCUT2D eigenvalue weighted by Gasteiger charge is -2.37. The van der Waals surface area contributed by atoms with Gasteiger partial charge >= 0.3 is 0 Å². The average molecular weight is 255 g/mol. The first-order valence-corrected chi connectivity index (χ1v) is 6.79. The van der Waals surface area contributed by atoms with Gasteiger partial charge in [-0.3, -0.25) is 9.69 Å². The molecule has 0 aromatic carbocycles. The third kappa shape index (κ3) is 2.45. The van der Waals surface area contributed by atoms with Gasteiger partial charge in [0.2, 0.25) is 0 Å². The van der Waals surface area contributed by atoms with E-state index in [4.69, 9.17) is 12.2 Å². The number of carbonyl (C=O) groups is 1. The molecule has 96 valence electrons. The largest absolute Gasteiger partial charge is 0.351 e. The van der Waals surface area contributed by atoms with Crippen molar-refractivity contribution in [2.75, 3.05) is 13.1 Å². The summed E-state index contributed by atoms with van der Waals surface area (Å²) in [5.41, 5.74) is 0. The lowest BCUT2D eigenvalue weighted by Crippen LogP contribution is -2.49. The molecule has 2 rings (SSSR count). The molecule has 17 heavy (non-hydrogen) atoms. The molecule has 2 aliphatic heterocycles. The Balaban J connectivity index is 1.97. The van der Waals surface area contributed by atoms with Crippen LogP contribution in [0.3, 0.4) is 0 Å². The molecule has 1 atom stereocenters. The molecule has 5 heteroatoms. The molecule has 1 N–H and O–H groups in total. The summed E-state index contributed by atoms with van der Waals surface area (Å²) >= 11 is 5.24. The highest BCUT2D eigenvalue weighted by Crippen LogP contribution is 2.21. The zero-order valence-corrected chi connectivity index (χ0v) is 11.6. The van der Waals surface area contributed by atoms with Crippen LogP contribution < -0.4 is 5.32 Å². The SMILES string of the molecule is CC1NC(=S)N(C2CCN(C(C)C)CC2)C1=O. The molecule has 4 nitrogen and oxygen atoms in total. The van der Waals surface area contributed by atoms with Crippen LogP contribution in [0.4, 0.5) is 0 Å². The first-order chi connectivity index (χ1) is 8.00. The maximum atomic E-state index is 12.0. The molecule has 0 aromatic heterocycles. The van der Waals surface area contributed by atoms with Gasteiger partial charge in [-0.25, -0.2) is 0 Å². The van der Waals surface area contributed by atoms with Gasteiger partial charge in [-0.15, -0.1) is 0 Å². The van der Waals surface area contributed by atoms with Crippen molar-refractivity contribution >= 4 is 23.2 Å². The third-order valence-electron chi connectivity index (χ3n) is 3.76. The van der Waals surface area contributed by atoms with E-state index in [1.165, 1.54) is 0 Å². The van der Waals surface area contributed by atoms with Crippen LogP contribution in [-0.2, 0) is 4.79 Å².